The molecule has 10 heteroatoms. The Bertz CT molecular complexity index is 1020. The lowest BCUT2D eigenvalue weighted by Crippen LogP contribution is -2.37. The lowest BCUT2D eigenvalue weighted by atomic mass is 10.2. The summed E-state index contributed by atoms with van der Waals surface area (Å²) in [6.45, 7) is 0.144. The lowest BCUT2D eigenvalue weighted by molar-refractivity contribution is -0.124. The molecule has 1 aliphatic heterocycles. The number of amides is 3. The molecule has 0 aliphatic carbocycles. The fourth-order valence-electron chi connectivity index (χ4n) is 2.65. The van der Waals surface area contributed by atoms with E-state index in [-0.39, 0.29) is 42.5 Å². The van der Waals surface area contributed by atoms with Gasteiger partial charge in [0, 0.05) is 25.9 Å². The quantitative estimate of drug-likeness (QED) is 0.428. The highest BCUT2D eigenvalue weighted by Crippen LogP contribution is 2.34. The van der Waals surface area contributed by atoms with Crippen LogP contribution in [0.15, 0.2) is 40.6 Å². The first kappa shape index (κ1) is 22.6. The summed E-state index contributed by atoms with van der Waals surface area (Å²) in [5, 5.41) is 4.66. The van der Waals surface area contributed by atoms with Crippen molar-refractivity contribution in [3.05, 3.63) is 61.1 Å². The predicted octanol–water partition coefficient (Wildman–Crippen LogP) is 4.87. The van der Waals surface area contributed by atoms with Crippen molar-refractivity contribution in [1.82, 2.24) is 10.2 Å². The molecule has 1 aliphatic rings. The minimum Gasteiger partial charge on any atom is -0.354 e. The lowest BCUT2D eigenvalue weighted by Gasteiger charge is -2.13. The Morgan fingerprint density at radius 3 is 2.63 bits per heavy atom. The van der Waals surface area contributed by atoms with E-state index in [2.05, 4.69) is 5.32 Å². The average Bonchev–Trinajstić information content (AvgIpc) is 3.34. The van der Waals surface area contributed by atoms with E-state index in [1.807, 2.05) is 0 Å². The normalized spacial score (nSPS) is 15.1. The Morgan fingerprint density at radius 2 is 1.90 bits per heavy atom. The zero-order chi connectivity index (χ0) is 21.7. The predicted molar refractivity (Wildman–Crippen MR) is 120 cm³/mol. The average molecular weight is 483 g/mol. The fourth-order valence-corrected chi connectivity index (χ4v) is 4.56. The SMILES string of the molecule is O=C(CCC(=O)c1cccs1)NCCN1C(=O)S/C(=C\c2cccc(Cl)c2Cl)C1=O. The van der Waals surface area contributed by atoms with Gasteiger partial charge in [0.2, 0.25) is 5.91 Å². The van der Waals surface area contributed by atoms with Gasteiger partial charge in [0.15, 0.2) is 5.78 Å². The van der Waals surface area contributed by atoms with E-state index < -0.39 is 11.1 Å². The molecule has 0 saturated carbocycles. The van der Waals surface area contributed by atoms with Gasteiger partial charge in [-0.1, -0.05) is 41.4 Å². The molecule has 3 rings (SSSR count). The van der Waals surface area contributed by atoms with Crippen LogP contribution in [0.5, 0.6) is 0 Å². The van der Waals surface area contributed by atoms with Crippen molar-refractivity contribution < 1.29 is 19.2 Å². The number of thiophene rings is 1. The molecule has 156 valence electrons. The van der Waals surface area contributed by atoms with Crippen LogP contribution in [0.4, 0.5) is 4.79 Å². The number of ketones is 1. The largest absolute Gasteiger partial charge is 0.354 e. The Kier molecular flexibility index (Phi) is 7.71. The highest BCUT2D eigenvalue weighted by Gasteiger charge is 2.34. The van der Waals surface area contributed by atoms with Gasteiger partial charge in [-0.15, -0.1) is 11.3 Å². The highest BCUT2D eigenvalue weighted by atomic mass is 35.5. The van der Waals surface area contributed by atoms with E-state index >= 15 is 0 Å². The molecule has 3 amide bonds. The summed E-state index contributed by atoms with van der Waals surface area (Å²) in [4.78, 5) is 50.5. The summed E-state index contributed by atoms with van der Waals surface area (Å²) >= 11 is 14.2. The van der Waals surface area contributed by atoms with Gasteiger partial charge in [-0.25, -0.2) is 0 Å². The zero-order valence-corrected chi connectivity index (χ0v) is 18.7. The minimum atomic E-state index is -0.455. The molecular weight excluding hydrogens is 467 g/mol. The van der Waals surface area contributed by atoms with Crippen LogP contribution < -0.4 is 5.32 Å². The number of benzene rings is 1. The molecule has 0 bridgehead atoms. The van der Waals surface area contributed by atoms with Crippen molar-refractivity contribution in [3.63, 3.8) is 0 Å². The van der Waals surface area contributed by atoms with Crippen molar-refractivity contribution in [1.29, 1.82) is 0 Å². The number of imide groups is 1. The Morgan fingerprint density at radius 1 is 1.10 bits per heavy atom. The highest BCUT2D eigenvalue weighted by molar-refractivity contribution is 8.18. The van der Waals surface area contributed by atoms with Gasteiger partial charge < -0.3 is 5.32 Å². The number of rotatable bonds is 8. The molecule has 1 N–H and O–H groups in total. The molecule has 2 aromatic rings. The van der Waals surface area contributed by atoms with Gasteiger partial charge in [0.05, 0.1) is 19.8 Å². The van der Waals surface area contributed by atoms with Gasteiger partial charge in [-0.05, 0) is 40.9 Å². The number of hydrogen-bond donors (Lipinski definition) is 1. The van der Waals surface area contributed by atoms with E-state index in [4.69, 9.17) is 23.2 Å². The van der Waals surface area contributed by atoms with Crippen molar-refractivity contribution in [2.75, 3.05) is 13.1 Å². The summed E-state index contributed by atoms with van der Waals surface area (Å²) in [6.07, 6.45) is 1.68. The fraction of sp³-hybridized carbons (Fsp3) is 0.200. The number of thioether (sulfide) groups is 1. The maximum Gasteiger partial charge on any atom is 0.293 e. The van der Waals surface area contributed by atoms with Crippen LogP contribution in [0.3, 0.4) is 0 Å². The maximum atomic E-state index is 12.5. The molecular formula is C20H16Cl2N2O4S2. The number of nitrogens with one attached hydrogen (secondary N) is 1. The molecule has 1 aromatic heterocycles. The second-order valence-electron chi connectivity index (χ2n) is 6.23. The van der Waals surface area contributed by atoms with Gasteiger partial charge >= 0.3 is 0 Å². The topological polar surface area (TPSA) is 83.6 Å². The maximum absolute atomic E-state index is 12.5. The van der Waals surface area contributed by atoms with Crippen LogP contribution in [0.25, 0.3) is 6.08 Å². The summed E-state index contributed by atoms with van der Waals surface area (Å²) in [7, 11) is 0. The first-order valence-corrected chi connectivity index (χ1v) is 11.3. The molecule has 0 atom stereocenters. The third kappa shape index (κ3) is 5.51. The van der Waals surface area contributed by atoms with Crippen LogP contribution in [0, 0.1) is 0 Å². The van der Waals surface area contributed by atoms with E-state index in [0.29, 0.717) is 20.5 Å². The number of nitrogens with zero attached hydrogens (tertiary/aromatic N) is 1. The van der Waals surface area contributed by atoms with Crippen LogP contribution in [-0.4, -0.2) is 40.8 Å². The number of carbonyl (C=O) groups excluding carboxylic acids is 4. The molecule has 2 heterocycles. The number of carbonyl (C=O) groups is 4. The van der Waals surface area contributed by atoms with Gasteiger partial charge in [0.1, 0.15) is 0 Å². The molecule has 0 radical (unpaired) electrons. The molecule has 1 aromatic carbocycles. The van der Waals surface area contributed by atoms with Gasteiger partial charge in [-0.2, -0.15) is 0 Å². The summed E-state index contributed by atoms with van der Waals surface area (Å²) in [6, 6.07) is 8.52. The third-order valence-electron chi connectivity index (χ3n) is 4.17. The van der Waals surface area contributed by atoms with Crippen LogP contribution >= 0.6 is 46.3 Å². The van der Waals surface area contributed by atoms with Gasteiger partial charge in [-0.3, -0.25) is 24.1 Å². The van der Waals surface area contributed by atoms with Crippen molar-refractivity contribution >= 4 is 75.2 Å². The number of halogens is 2. The van der Waals surface area contributed by atoms with E-state index in [9.17, 15) is 19.2 Å². The smallest absolute Gasteiger partial charge is 0.293 e. The summed E-state index contributed by atoms with van der Waals surface area (Å²) < 4.78 is 0. The van der Waals surface area contributed by atoms with Crippen molar-refractivity contribution in [2.45, 2.75) is 12.8 Å². The molecule has 30 heavy (non-hydrogen) atoms. The van der Waals surface area contributed by atoms with Crippen molar-refractivity contribution in [2.24, 2.45) is 0 Å². The molecule has 0 unspecified atom stereocenters. The third-order valence-corrected chi connectivity index (χ3v) is 6.83. The first-order chi connectivity index (χ1) is 14.4. The van der Waals surface area contributed by atoms with Crippen LogP contribution in [0.2, 0.25) is 10.0 Å². The van der Waals surface area contributed by atoms with E-state index in [1.54, 1.807) is 35.7 Å². The molecule has 6 nitrogen and oxygen atoms in total. The van der Waals surface area contributed by atoms with Crippen LogP contribution in [-0.2, 0) is 9.59 Å². The number of Topliss-reactive ketones (excluding diaryl/α,β-unsaturated/α-hetero) is 1. The Hall–Kier alpha value is -2.13. The van der Waals surface area contributed by atoms with Gasteiger partial charge in [0.25, 0.3) is 11.1 Å². The summed E-state index contributed by atoms with van der Waals surface area (Å²) in [5.74, 6) is -0.854. The second-order valence-corrected chi connectivity index (χ2v) is 8.95. The Balaban J connectivity index is 1.50. The monoisotopic (exact) mass is 482 g/mol. The number of hydrogen-bond acceptors (Lipinski definition) is 6. The second kappa shape index (κ2) is 10.3. The minimum absolute atomic E-state index is 0.0376. The molecule has 1 fully saturated rings. The van der Waals surface area contributed by atoms with Crippen LogP contribution in [0.1, 0.15) is 28.1 Å². The molecule has 0 spiro atoms. The zero-order valence-electron chi connectivity index (χ0n) is 15.5. The summed E-state index contributed by atoms with van der Waals surface area (Å²) in [5.41, 5.74) is 0.540. The Labute approximate surface area is 191 Å². The standard InChI is InChI=1S/C20H16Cl2N2O4S2/c21-13-4-1-3-12(18(13)22)11-16-19(27)24(20(28)30-16)9-8-23-17(26)7-6-14(25)15-5-2-10-29-15/h1-5,10-11H,6-9H2,(H,23,26)/b16-11-. The van der Waals surface area contributed by atoms with Crippen molar-refractivity contribution in [3.8, 4) is 0 Å². The molecule has 1 saturated heterocycles. The first-order valence-electron chi connectivity index (χ1n) is 8.89. The van der Waals surface area contributed by atoms with E-state index in [1.165, 1.54) is 17.4 Å². The van der Waals surface area contributed by atoms with E-state index in [0.717, 1.165) is 16.7 Å².